The van der Waals surface area contributed by atoms with Gasteiger partial charge >= 0.3 is 6.18 Å². The Balaban J connectivity index is 1.67. The first-order valence-corrected chi connectivity index (χ1v) is 9.34. The highest BCUT2D eigenvalue weighted by molar-refractivity contribution is 5.79. The van der Waals surface area contributed by atoms with Crippen LogP contribution in [0.25, 0.3) is 11.1 Å². The molecule has 2 aliphatic rings. The van der Waals surface area contributed by atoms with Gasteiger partial charge in [-0.25, -0.2) is 9.97 Å². The van der Waals surface area contributed by atoms with Gasteiger partial charge in [0.15, 0.2) is 0 Å². The normalized spacial score (nSPS) is 18.4. The standard InChI is InChI=1S/C19H22F3N5O/c20-19(21,22)15-1-2-16(17(11-15)26-5-3-23-4-6-26)14-12-24-18(25-13-14)27-7-9-28-10-8-27/h1-2,11-13,23H,3-10H2. The zero-order valence-corrected chi connectivity index (χ0v) is 15.4. The number of morpholine rings is 1. The predicted molar refractivity (Wildman–Crippen MR) is 101 cm³/mol. The minimum atomic E-state index is -4.38. The summed E-state index contributed by atoms with van der Waals surface area (Å²) in [5.74, 6) is 0.614. The molecule has 0 saturated carbocycles. The van der Waals surface area contributed by atoms with Crippen LogP contribution < -0.4 is 15.1 Å². The molecular weight excluding hydrogens is 371 g/mol. The quantitative estimate of drug-likeness (QED) is 0.865. The Bertz CT molecular complexity index is 800. The summed E-state index contributed by atoms with van der Waals surface area (Å²) in [6.07, 6.45) is -1.00. The van der Waals surface area contributed by atoms with E-state index in [4.69, 9.17) is 4.74 Å². The number of ether oxygens (including phenoxy) is 1. The molecule has 6 nitrogen and oxygen atoms in total. The van der Waals surface area contributed by atoms with Gasteiger partial charge in [-0.1, -0.05) is 6.07 Å². The van der Waals surface area contributed by atoms with Crippen molar-refractivity contribution >= 4 is 11.6 Å². The van der Waals surface area contributed by atoms with Crippen LogP contribution in [0, 0.1) is 0 Å². The van der Waals surface area contributed by atoms with E-state index in [1.54, 1.807) is 12.4 Å². The zero-order valence-electron chi connectivity index (χ0n) is 15.4. The molecule has 0 atom stereocenters. The highest BCUT2D eigenvalue weighted by Crippen LogP contribution is 2.37. The molecule has 0 bridgehead atoms. The maximum absolute atomic E-state index is 13.3. The van der Waals surface area contributed by atoms with Gasteiger partial charge in [-0.05, 0) is 12.1 Å². The molecule has 28 heavy (non-hydrogen) atoms. The number of aromatic nitrogens is 2. The lowest BCUT2D eigenvalue weighted by molar-refractivity contribution is -0.137. The van der Waals surface area contributed by atoms with E-state index in [-0.39, 0.29) is 0 Å². The van der Waals surface area contributed by atoms with Gasteiger partial charge in [0.05, 0.1) is 18.8 Å². The minimum absolute atomic E-state index is 0.569. The van der Waals surface area contributed by atoms with Crippen molar-refractivity contribution in [3.63, 3.8) is 0 Å². The Labute approximate surface area is 161 Å². The van der Waals surface area contributed by atoms with Crippen LogP contribution in [0.1, 0.15) is 5.56 Å². The zero-order chi connectivity index (χ0) is 19.6. The van der Waals surface area contributed by atoms with Gasteiger partial charge in [0.25, 0.3) is 0 Å². The van der Waals surface area contributed by atoms with Crippen molar-refractivity contribution in [2.75, 3.05) is 62.3 Å². The van der Waals surface area contributed by atoms with Gasteiger partial charge in [-0.3, -0.25) is 0 Å². The van der Waals surface area contributed by atoms with Crippen LogP contribution in [0.2, 0.25) is 0 Å². The molecule has 2 saturated heterocycles. The summed E-state index contributed by atoms with van der Waals surface area (Å²) in [5.41, 5.74) is 1.34. The van der Waals surface area contributed by atoms with Crippen molar-refractivity contribution in [3.05, 3.63) is 36.2 Å². The average molecular weight is 393 g/mol. The number of nitrogens with one attached hydrogen (secondary N) is 1. The van der Waals surface area contributed by atoms with Crippen molar-refractivity contribution in [1.82, 2.24) is 15.3 Å². The maximum atomic E-state index is 13.3. The van der Waals surface area contributed by atoms with Crippen LogP contribution in [0.3, 0.4) is 0 Å². The summed E-state index contributed by atoms with van der Waals surface area (Å²) < 4.78 is 45.1. The van der Waals surface area contributed by atoms with Crippen molar-refractivity contribution in [2.24, 2.45) is 0 Å². The number of halogens is 3. The van der Waals surface area contributed by atoms with Crippen LogP contribution in [0.4, 0.5) is 24.8 Å². The SMILES string of the molecule is FC(F)(F)c1ccc(-c2cnc(N3CCOCC3)nc2)c(N2CCNCC2)c1. The number of alkyl halides is 3. The molecular formula is C19H22F3N5O. The van der Waals surface area contributed by atoms with E-state index in [1.807, 2.05) is 9.80 Å². The highest BCUT2D eigenvalue weighted by atomic mass is 19.4. The highest BCUT2D eigenvalue weighted by Gasteiger charge is 2.32. The molecule has 1 aromatic carbocycles. The van der Waals surface area contributed by atoms with Gasteiger partial charge in [-0.15, -0.1) is 0 Å². The molecule has 1 N–H and O–H groups in total. The summed E-state index contributed by atoms with van der Waals surface area (Å²) in [6.45, 7) is 5.51. The Kier molecular flexibility index (Phi) is 5.36. The van der Waals surface area contributed by atoms with Crippen molar-refractivity contribution < 1.29 is 17.9 Å². The van der Waals surface area contributed by atoms with Gasteiger partial charge < -0.3 is 19.9 Å². The number of anilines is 2. The van der Waals surface area contributed by atoms with Crippen LogP contribution >= 0.6 is 0 Å². The number of piperazine rings is 1. The van der Waals surface area contributed by atoms with Crippen LogP contribution in [-0.4, -0.2) is 62.5 Å². The first kappa shape index (κ1) is 18.9. The molecule has 150 valence electrons. The van der Waals surface area contributed by atoms with E-state index in [0.717, 1.165) is 32.2 Å². The van der Waals surface area contributed by atoms with Crippen molar-refractivity contribution in [3.8, 4) is 11.1 Å². The lowest BCUT2D eigenvalue weighted by atomic mass is 10.0. The second-order valence-electron chi connectivity index (χ2n) is 6.84. The van der Waals surface area contributed by atoms with E-state index >= 15 is 0 Å². The first-order valence-electron chi connectivity index (χ1n) is 9.34. The summed E-state index contributed by atoms with van der Waals surface area (Å²) in [4.78, 5) is 12.9. The van der Waals surface area contributed by atoms with Crippen LogP contribution in [-0.2, 0) is 10.9 Å². The fraction of sp³-hybridized carbons (Fsp3) is 0.474. The molecule has 9 heteroatoms. The van der Waals surface area contributed by atoms with Gasteiger partial charge in [0.1, 0.15) is 0 Å². The number of hydrogen-bond acceptors (Lipinski definition) is 6. The topological polar surface area (TPSA) is 53.5 Å². The fourth-order valence-corrected chi connectivity index (χ4v) is 3.51. The Morgan fingerprint density at radius 2 is 1.61 bits per heavy atom. The van der Waals surface area contributed by atoms with Gasteiger partial charge in [0.2, 0.25) is 5.95 Å². The summed E-state index contributed by atoms with van der Waals surface area (Å²) in [6, 6.07) is 3.88. The number of benzene rings is 1. The molecule has 2 fully saturated rings. The van der Waals surface area contributed by atoms with E-state index in [9.17, 15) is 13.2 Å². The number of nitrogens with zero attached hydrogens (tertiary/aromatic N) is 4. The van der Waals surface area contributed by atoms with Crippen molar-refractivity contribution in [1.29, 1.82) is 0 Å². The number of rotatable bonds is 3. The molecule has 1 aromatic heterocycles. The second kappa shape index (κ2) is 7.92. The third-order valence-corrected chi connectivity index (χ3v) is 5.03. The third kappa shape index (κ3) is 4.05. The Morgan fingerprint density at radius 3 is 2.25 bits per heavy atom. The Morgan fingerprint density at radius 1 is 0.929 bits per heavy atom. The predicted octanol–water partition coefficient (Wildman–Crippen LogP) is 2.41. The molecule has 2 aliphatic heterocycles. The first-order chi connectivity index (χ1) is 13.5. The third-order valence-electron chi connectivity index (χ3n) is 5.03. The van der Waals surface area contributed by atoms with E-state index in [1.165, 1.54) is 12.1 Å². The molecule has 0 unspecified atom stereocenters. The lowest BCUT2D eigenvalue weighted by Crippen LogP contribution is -2.43. The smallest absolute Gasteiger partial charge is 0.378 e. The molecule has 0 spiro atoms. The van der Waals surface area contributed by atoms with Gasteiger partial charge in [-0.2, -0.15) is 13.2 Å². The molecule has 4 rings (SSSR count). The average Bonchev–Trinajstić information content (AvgIpc) is 2.74. The van der Waals surface area contributed by atoms with E-state index < -0.39 is 11.7 Å². The monoisotopic (exact) mass is 393 g/mol. The summed E-state index contributed by atoms with van der Waals surface area (Å²) in [5, 5.41) is 3.23. The van der Waals surface area contributed by atoms with E-state index in [0.29, 0.717) is 49.1 Å². The summed E-state index contributed by atoms with van der Waals surface area (Å²) in [7, 11) is 0. The Hall–Kier alpha value is -2.39. The molecule has 0 amide bonds. The molecule has 2 aromatic rings. The van der Waals surface area contributed by atoms with E-state index in [2.05, 4.69) is 15.3 Å². The van der Waals surface area contributed by atoms with Crippen LogP contribution in [0.15, 0.2) is 30.6 Å². The lowest BCUT2D eigenvalue weighted by Gasteiger charge is -2.32. The summed E-state index contributed by atoms with van der Waals surface area (Å²) >= 11 is 0. The largest absolute Gasteiger partial charge is 0.416 e. The molecule has 0 aliphatic carbocycles. The molecule has 3 heterocycles. The maximum Gasteiger partial charge on any atom is 0.416 e. The second-order valence-corrected chi connectivity index (χ2v) is 6.84. The van der Waals surface area contributed by atoms with Crippen molar-refractivity contribution in [2.45, 2.75) is 6.18 Å². The van der Waals surface area contributed by atoms with Crippen LogP contribution in [0.5, 0.6) is 0 Å². The number of hydrogen-bond donors (Lipinski definition) is 1. The molecule has 0 radical (unpaired) electrons. The fourth-order valence-electron chi connectivity index (χ4n) is 3.51. The van der Waals surface area contributed by atoms with Gasteiger partial charge in [0, 0.05) is 68.5 Å². The minimum Gasteiger partial charge on any atom is -0.378 e.